The number of rotatable bonds is 7. The van der Waals surface area contributed by atoms with Crippen LogP contribution in [0.4, 0.5) is 5.69 Å². The molecule has 0 saturated heterocycles. The van der Waals surface area contributed by atoms with Crippen LogP contribution in [0.25, 0.3) is 0 Å². The highest BCUT2D eigenvalue weighted by Crippen LogP contribution is 2.21. The highest BCUT2D eigenvalue weighted by molar-refractivity contribution is 5.60. The molecule has 0 radical (unpaired) electrons. The minimum Gasteiger partial charge on any atom is -0.395 e. The molecule has 4 heteroatoms. The van der Waals surface area contributed by atoms with Crippen LogP contribution in [-0.2, 0) is 6.54 Å². The van der Waals surface area contributed by atoms with E-state index in [2.05, 4.69) is 18.3 Å². The van der Waals surface area contributed by atoms with Crippen LogP contribution in [0.3, 0.4) is 0 Å². The molecule has 0 unspecified atom stereocenters. The summed E-state index contributed by atoms with van der Waals surface area (Å²) in [5.41, 5.74) is 2.67. The van der Waals surface area contributed by atoms with E-state index >= 15 is 0 Å². The fraction of sp³-hybridized carbons (Fsp3) is 0.500. The van der Waals surface area contributed by atoms with Crippen molar-refractivity contribution in [3.8, 4) is 6.07 Å². The SMILES string of the molecule is CCNCc1ccc(N(CC)CCO)c(C#N)c1. The van der Waals surface area contributed by atoms with Crippen molar-refractivity contribution in [2.75, 3.05) is 31.1 Å². The first-order valence-electron chi connectivity index (χ1n) is 6.36. The van der Waals surface area contributed by atoms with E-state index in [0.717, 1.165) is 30.9 Å². The van der Waals surface area contributed by atoms with Gasteiger partial charge in [-0.05, 0) is 31.2 Å². The van der Waals surface area contributed by atoms with E-state index in [4.69, 9.17) is 5.11 Å². The molecule has 0 saturated carbocycles. The molecule has 0 aliphatic rings. The number of likely N-dealkylation sites (N-methyl/N-ethyl adjacent to an activating group) is 1. The molecule has 0 aliphatic carbocycles. The van der Waals surface area contributed by atoms with Crippen LogP contribution in [0.1, 0.15) is 25.0 Å². The third-order valence-corrected chi connectivity index (χ3v) is 2.85. The highest BCUT2D eigenvalue weighted by Gasteiger charge is 2.09. The minimum atomic E-state index is 0.0951. The van der Waals surface area contributed by atoms with Gasteiger partial charge in [-0.3, -0.25) is 0 Å². The number of aliphatic hydroxyl groups is 1. The number of hydrogen-bond acceptors (Lipinski definition) is 4. The van der Waals surface area contributed by atoms with Crippen LogP contribution in [0, 0.1) is 11.3 Å². The molecule has 0 fully saturated rings. The zero-order valence-electron chi connectivity index (χ0n) is 11.1. The normalized spacial score (nSPS) is 10.1. The van der Waals surface area contributed by atoms with Gasteiger partial charge in [0.1, 0.15) is 6.07 Å². The molecule has 4 nitrogen and oxygen atoms in total. The second kappa shape index (κ2) is 7.70. The van der Waals surface area contributed by atoms with Gasteiger partial charge in [-0.15, -0.1) is 0 Å². The fourth-order valence-corrected chi connectivity index (χ4v) is 1.90. The first-order valence-corrected chi connectivity index (χ1v) is 6.36. The van der Waals surface area contributed by atoms with Crippen molar-refractivity contribution >= 4 is 5.69 Å². The summed E-state index contributed by atoms with van der Waals surface area (Å²) in [7, 11) is 0. The topological polar surface area (TPSA) is 59.3 Å². The van der Waals surface area contributed by atoms with E-state index in [1.807, 2.05) is 30.0 Å². The van der Waals surface area contributed by atoms with E-state index in [9.17, 15) is 5.26 Å². The number of anilines is 1. The number of hydrogen-bond donors (Lipinski definition) is 2. The molecule has 1 aromatic carbocycles. The largest absolute Gasteiger partial charge is 0.395 e. The number of aliphatic hydroxyl groups excluding tert-OH is 1. The Hall–Kier alpha value is -1.57. The maximum absolute atomic E-state index is 9.22. The van der Waals surface area contributed by atoms with Crippen molar-refractivity contribution in [1.82, 2.24) is 5.32 Å². The Balaban J connectivity index is 2.95. The molecular formula is C14H21N3O. The van der Waals surface area contributed by atoms with Gasteiger partial charge in [-0.25, -0.2) is 0 Å². The summed E-state index contributed by atoms with van der Waals surface area (Å²) in [5.74, 6) is 0. The quantitative estimate of drug-likeness (QED) is 0.766. The molecule has 2 N–H and O–H groups in total. The maximum atomic E-state index is 9.22. The lowest BCUT2D eigenvalue weighted by Crippen LogP contribution is -2.27. The Labute approximate surface area is 109 Å². The predicted molar refractivity (Wildman–Crippen MR) is 73.5 cm³/mol. The smallest absolute Gasteiger partial charge is 0.101 e. The minimum absolute atomic E-state index is 0.0951. The van der Waals surface area contributed by atoms with Crippen LogP contribution in [0.2, 0.25) is 0 Å². The standard InChI is InChI=1S/C14H21N3O/c1-3-16-11-12-5-6-14(13(9-12)10-15)17(4-2)7-8-18/h5-6,9,16,18H,3-4,7-8,11H2,1-2H3. The zero-order valence-corrected chi connectivity index (χ0v) is 11.1. The second-order valence-corrected chi connectivity index (χ2v) is 4.05. The van der Waals surface area contributed by atoms with E-state index in [1.54, 1.807) is 0 Å². The Morgan fingerprint density at radius 3 is 2.72 bits per heavy atom. The number of benzene rings is 1. The van der Waals surface area contributed by atoms with Gasteiger partial charge in [-0.2, -0.15) is 5.26 Å². The van der Waals surface area contributed by atoms with Crippen molar-refractivity contribution in [2.45, 2.75) is 20.4 Å². The van der Waals surface area contributed by atoms with Gasteiger partial charge in [0.2, 0.25) is 0 Å². The molecule has 1 rings (SSSR count). The summed E-state index contributed by atoms with van der Waals surface area (Å²) < 4.78 is 0. The monoisotopic (exact) mass is 247 g/mol. The van der Waals surface area contributed by atoms with Crippen molar-refractivity contribution in [1.29, 1.82) is 5.26 Å². The molecule has 0 amide bonds. The van der Waals surface area contributed by atoms with Crippen molar-refractivity contribution in [3.05, 3.63) is 29.3 Å². The van der Waals surface area contributed by atoms with Gasteiger partial charge in [0, 0.05) is 19.6 Å². The zero-order chi connectivity index (χ0) is 13.4. The van der Waals surface area contributed by atoms with E-state index < -0.39 is 0 Å². The molecule has 98 valence electrons. The Morgan fingerprint density at radius 1 is 1.39 bits per heavy atom. The number of nitriles is 1. The Morgan fingerprint density at radius 2 is 2.17 bits per heavy atom. The first kappa shape index (κ1) is 14.5. The van der Waals surface area contributed by atoms with Gasteiger partial charge in [0.25, 0.3) is 0 Å². The number of nitrogens with zero attached hydrogens (tertiary/aromatic N) is 2. The van der Waals surface area contributed by atoms with Gasteiger partial charge < -0.3 is 15.3 Å². The van der Waals surface area contributed by atoms with Gasteiger partial charge in [-0.1, -0.05) is 13.0 Å². The first-order chi connectivity index (χ1) is 8.76. The molecule has 0 atom stereocenters. The van der Waals surface area contributed by atoms with Crippen molar-refractivity contribution < 1.29 is 5.11 Å². The van der Waals surface area contributed by atoms with Crippen LogP contribution < -0.4 is 10.2 Å². The summed E-state index contributed by atoms with van der Waals surface area (Å²) in [4.78, 5) is 2.01. The Bertz CT molecular complexity index is 412. The molecule has 0 heterocycles. The lowest BCUT2D eigenvalue weighted by Gasteiger charge is -2.23. The molecule has 18 heavy (non-hydrogen) atoms. The second-order valence-electron chi connectivity index (χ2n) is 4.05. The summed E-state index contributed by atoms with van der Waals surface area (Å²) in [5, 5.41) is 21.5. The lowest BCUT2D eigenvalue weighted by atomic mass is 10.1. The molecule has 0 bridgehead atoms. The van der Waals surface area contributed by atoms with Gasteiger partial charge in [0.05, 0.1) is 17.9 Å². The maximum Gasteiger partial charge on any atom is 0.101 e. The molecule has 1 aromatic rings. The Kier molecular flexibility index (Phi) is 6.20. The molecule has 0 aliphatic heterocycles. The fourth-order valence-electron chi connectivity index (χ4n) is 1.90. The summed E-state index contributed by atoms with van der Waals surface area (Å²) in [6.07, 6.45) is 0. The average Bonchev–Trinajstić information content (AvgIpc) is 2.42. The summed E-state index contributed by atoms with van der Waals surface area (Å²) >= 11 is 0. The van der Waals surface area contributed by atoms with E-state index in [0.29, 0.717) is 12.1 Å². The van der Waals surface area contributed by atoms with E-state index in [-0.39, 0.29) is 6.61 Å². The van der Waals surface area contributed by atoms with Crippen LogP contribution in [0.15, 0.2) is 18.2 Å². The molecular weight excluding hydrogens is 226 g/mol. The third kappa shape index (κ3) is 3.73. The average molecular weight is 247 g/mol. The van der Waals surface area contributed by atoms with Crippen molar-refractivity contribution in [2.24, 2.45) is 0 Å². The van der Waals surface area contributed by atoms with Gasteiger partial charge >= 0.3 is 0 Å². The van der Waals surface area contributed by atoms with Crippen molar-refractivity contribution in [3.63, 3.8) is 0 Å². The van der Waals surface area contributed by atoms with Crippen LogP contribution >= 0.6 is 0 Å². The van der Waals surface area contributed by atoms with Gasteiger partial charge in [0.15, 0.2) is 0 Å². The predicted octanol–water partition coefficient (Wildman–Crippen LogP) is 1.49. The van der Waals surface area contributed by atoms with E-state index in [1.165, 1.54) is 0 Å². The third-order valence-electron chi connectivity index (χ3n) is 2.85. The molecule has 0 spiro atoms. The van der Waals surface area contributed by atoms with Crippen LogP contribution in [-0.4, -0.2) is 31.3 Å². The lowest BCUT2D eigenvalue weighted by molar-refractivity contribution is 0.302. The molecule has 0 aromatic heterocycles. The summed E-state index contributed by atoms with van der Waals surface area (Å²) in [6.45, 7) is 7.19. The van der Waals surface area contributed by atoms with Crippen LogP contribution in [0.5, 0.6) is 0 Å². The summed E-state index contributed by atoms with van der Waals surface area (Å²) in [6, 6.07) is 8.14. The number of nitrogens with one attached hydrogen (secondary N) is 1. The highest BCUT2D eigenvalue weighted by atomic mass is 16.3.